The highest BCUT2D eigenvalue weighted by Crippen LogP contribution is 2.46. The molecule has 33 heavy (non-hydrogen) atoms. The van der Waals surface area contributed by atoms with E-state index in [-0.39, 0.29) is 29.5 Å². The number of pyridine rings is 1. The van der Waals surface area contributed by atoms with Crippen LogP contribution in [0.2, 0.25) is 0 Å². The number of hydrogen-bond donors (Lipinski definition) is 0. The fourth-order valence-electron chi connectivity index (χ4n) is 5.82. The van der Waals surface area contributed by atoms with Crippen molar-refractivity contribution >= 4 is 22.7 Å². The van der Waals surface area contributed by atoms with E-state index >= 15 is 0 Å². The van der Waals surface area contributed by atoms with E-state index in [4.69, 9.17) is 9.47 Å². The van der Waals surface area contributed by atoms with Gasteiger partial charge in [-0.3, -0.25) is 9.59 Å². The number of nitrogens with zero attached hydrogens (tertiary/aromatic N) is 3. The number of rotatable bonds is 5. The average molecular weight is 450 g/mol. The first-order valence-electron chi connectivity index (χ1n) is 12.3. The molecule has 0 radical (unpaired) electrons. The predicted octanol–water partition coefficient (Wildman–Crippen LogP) is 3.03. The van der Waals surface area contributed by atoms with E-state index in [1.807, 2.05) is 41.3 Å². The Morgan fingerprint density at radius 3 is 2.58 bits per heavy atom. The molecule has 2 aromatic rings. The van der Waals surface area contributed by atoms with Crippen molar-refractivity contribution in [1.82, 2.24) is 14.8 Å². The lowest BCUT2D eigenvalue weighted by molar-refractivity contribution is -0.219. The zero-order valence-electron chi connectivity index (χ0n) is 18.9. The fraction of sp³-hybridized carbons (Fsp3) is 0.577. The summed E-state index contributed by atoms with van der Waals surface area (Å²) in [5.74, 6) is 0.751. The zero-order chi connectivity index (χ0) is 22.4. The topological polar surface area (TPSA) is 72.0 Å². The van der Waals surface area contributed by atoms with Gasteiger partial charge in [0, 0.05) is 37.7 Å². The minimum Gasteiger partial charge on any atom is -0.381 e. The van der Waals surface area contributed by atoms with Crippen LogP contribution in [0, 0.1) is 5.92 Å². The van der Waals surface area contributed by atoms with E-state index in [1.54, 1.807) is 0 Å². The number of fused-ring (bicyclic) bond motifs is 1. The van der Waals surface area contributed by atoms with E-state index in [0.29, 0.717) is 44.5 Å². The van der Waals surface area contributed by atoms with Crippen molar-refractivity contribution in [3.8, 4) is 0 Å². The van der Waals surface area contributed by atoms with Crippen LogP contribution in [0.4, 0.5) is 0 Å². The maximum absolute atomic E-state index is 13.2. The lowest BCUT2D eigenvalue weighted by Crippen LogP contribution is -2.79. The maximum Gasteiger partial charge on any atom is 0.272 e. The average Bonchev–Trinajstić information content (AvgIpc) is 3.69. The molecule has 4 aliphatic rings. The number of ether oxygens (including phenoxy) is 2. The molecule has 1 saturated carbocycles. The Hall–Kier alpha value is -2.51. The second kappa shape index (κ2) is 8.37. The third kappa shape index (κ3) is 3.71. The van der Waals surface area contributed by atoms with Gasteiger partial charge in [-0.25, -0.2) is 4.98 Å². The number of carbonyl (C=O) groups is 2. The van der Waals surface area contributed by atoms with E-state index in [1.165, 1.54) is 12.8 Å². The number of hydrogen-bond acceptors (Lipinski definition) is 5. The normalized spacial score (nSPS) is 25.5. The number of para-hydroxylation sites is 1. The first-order valence-corrected chi connectivity index (χ1v) is 12.3. The molecule has 1 atom stereocenters. The van der Waals surface area contributed by atoms with Crippen LogP contribution in [0.1, 0.15) is 49.0 Å². The van der Waals surface area contributed by atoms with Crippen LogP contribution in [0.15, 0.2) is 36.4 Å². The molecule has 1 aromatic heterocycles. The van der Waals surface area contributed by atoms with E-state index in [9.17, 15) is 9.59 Å². The Bertz CT molecular complexity index is 1050. The highest BCUT2D eigenvalue weighted by Gasteiger charge is 2.63. The van der Waals surface area contributed by atoms with E-state index in [0.717, 1.165) is 36.6 Å². The second-order valence-electron chi connectivity index (χ2n) is 9.99. The molecule has 1 aromatic carbocycles. The van der Waals surface area contributed by atoms with Gasteiger partial charge in [-0.05, 0) is 56.6 Å². The predicted molar refractivity (Wildman–Crippen MR) is 123 cm³/mol. The molecule has 3 saturated heterocycles. The van der Waals surface area contributed by atoms with Crippen LogP contribution in [0.5, 0.6) is 0 Å². The van der Waals surface area contributed by atoms with Gasteiger partial charge in [0.05, 0.1) is 17.7 Å². The molecular weight excluding hydrogens is 418 g/mol. The number of amides is 2. The van der Waals surface area contributed by atoms with Gasteiger partial charge < -0.3 is 19.3 Å². The van der Waals surface area contributed by atoms with E-state index in [2.05, 4.69) is 9.88 Å². The molecule has 7 heteroatoms. The van der Waals surface area contributed by atoms with Crippen molar-refractivity contribution in [2.45, 2.75) is 56.2 Å². The Balaban J connectivity index is 1.13. The van der Waals surface area contributed by atoms with Crippen LogP contribution in [-0.2, 0) is 14.3 Å². The molecule has 1 unspecified atom stereocenters. The zero-order valence-corrected chi connectivity index (χ0v) is 18.9. The molecule has 3 aliphatic heterocycles. The molecule has 7 nitrogen and oxygen atoms in total. The summed E-state index contributed by atoms with van der Waals surface area (Å²) in [6.07, 6.45) is 5.40. The summed E-state index contributed by atoms with van der Waals surface area (Å²) < 4.78 is 11.8. The van der Waals surface area contributed by atoms with Crippen LogP contribution >= 0.6 is 0 Å². The summed E-state index contributed by atoms with van der Waals surface area (Å²) in [7, 11) is 0. The van der Waals surface area contributed by atoms with Gasteiger partial charge in [0.25, 0.3) is 11.8 Å². The van der Waals surface area contributed by atoms with Gasteiger partial charge in [0.2, 0.25) is 0 Å². The molecule has 4 heterocycles. The van der Waals surface area contributed by atoms with Crippen molar-refractivity contribution in [3.05, 3.63) is 42.1 Å². The molecular formula is C26H31N3O4. The fourth-order valence-corrected chi connectivity index (χ4v) is 5.82. The van der Waals surface area contributed by atoms with Crippen LogP contribution < -0.4 is 0 Å². The van der Waals surface area contributed by atoms with Gasteiger partial charge in [-0.15, -0.1) is 0 Å². The summed E-state index contributed by atoms with van der Waals surface area (Å²) >= 11 is 0. The van der Waals surface area contributed by atoms with Gasteiger partial charge in [-0.1, -0.05) is 24.3 Å². The summed E-state index contributed by atoms with van der Waals surface area (Å²) in [5.41, 5.74) is 1.10. The first kappa shape index (κ1) is 21.1. The van der Waals surface area contributed by atoms with Crippen LogP contribution in [-0.4, -0.2) is 77.2 Å². The molecule has 0 N–H and O–H groups in total. The number of β-lactam (4-membered cyclic amide) rings is 1. The lowest BCUT2D eigenvalue weighted by Gasteiger charge is -2.62. The maximum atomic E-state index is 13.2. The monoisotopic (exact) mass is 449 g/mol. The minimum absolute atomic E-state index is 0.0273. The second-order valence-corrected chi connectivity index (χ2v) is 9.99. The molecule has 0 bridgehead atoms. The molecule has 4 fully saturated rings. The van der Waals surface area contributed by atoms with Gasteiger partial charge in [0.1, 0.15) is 5.69 Å². The quantitative estimate of drug-likeness (QED) is 0.656. The van der Waals surface area contributed by atoms with Crippen molar-refractivity contribution in [3.63, 3.8) is 0 Å². The number of carbonyl (C=O) groups excluding carboxylic acids is 2. The summed E-state index contributed by atoms with van der Waals surface area (Å²) in [5, 5.41) is 1.03. The van der Waals surface area contributed by atoms with Gasteiger partial charge in [-0.2, -0.15) is 0 Å². The molecule has 1 aliphatic carbocycles. The van der Waals surface area contributed by atoms with Crippen molar-refractivity contribution in [2.24, 2.45) is 5.92 Å². The highest BCUT2D eigenvalue weighted by atomic mass is 16.5. The number of likely N-dealkylation sites (tertiary alicyclic amines) is 2. The van der Waals surface area contributed by atoms with Gasteiger partial charge in [0.15, 0.2) is 6.10 Å². The standard InChI is InChI=1S/C26H31N3O4/c30-24(22-8-7-19-3-1-2-4-21(19)27-22)28-13-9-20(10-14-28)29-25(31)23(33-17-18-5-6-18)26(29)11-15-32-16-12-26/h1-4,7-8,18,20,23H,5-6,9-17H2. The first-order chi connectivity index (χ1) is 16.2. The Morgan fingerprint density at radius 2 is 1.82 bits per heavy atom. The number of piperidine rings is 1. The van der Waals surface area contributed by atoms with Crippen molar-refractivity contribution in [1.29, 1.82) is 0 Å². The van der Waals surface area contributed by atoms with Crippen molar-refractivity contribution in [2.75, 3.05) is 32.9 Å². The Kier molecular flexibility index (Phi) is 5.34. The summed E-state index contributed by atoms with van der Waals surface area (Å²) in [4.78, 5) is 34.9. The SMILES string of the molecule is O=C(c1ccc2ccccc2n1)N1CCC(N2C(=O)C(OCC3CC3)C23CCOCC3)CC1. The minimum atomic E-state index is -0.316. The Labute approximate surface area is 194 Å². The summed E-state index contributed by atoms with van der Waals surface area (Å²) in [6, 6.07) is 11.8. The Morgan fingerprint density at radius 1 is 1.06 bits per heavy atom. The number of benzene rings is 1. The molecule has 6 rings (SSSR count). The largest absolute Gasteiger partial charge is 0.381 e. The van der Waals surface area contributed by atoms with Crippen LogP contribution in [0.25, 0.3) is 10.9 Å². The highest BCUT2D eigenvalue weighted by molar-refractivity contribution is 5.95. The van der Waals surface area contributed by atoms with Crippen molar-refractivity contribution < 1.29 is 19.1 Å². The lowest BCUT2D eigenvalue weighted by atomic mass is 9.72. The summed E-state index contributed by atoms with van der Waals surface area (Å²) in [6.45, 7) is 3.35. The molecule has 1 spiro atoms. The third-order valence-electron chi connectivity index (χ3n) is 7.92. The third-order valence-corrected chi connectivity index (χ3v) is 7.92. The smallest absolute Gasteiger partial charge is 0.272 e. The van der Waals surface area contributed by atoms with E-state index < -0.39 is 0 Å². The van der Waals surface area contributed by atoms with Gasteiger partial charge >= 0.3 is 0 Å². The molecule has 2 amide bonds. The van der Waals surface area contributed by atoms with Crippen LogP contribution in [0.3, 0.4) is 0 Å². The molecule has 174 valence electrons. The number of aromatic nitrogens is 1.